The summed E-state index contributed by atoms with van der Waals surface area (Å²) in [6.45, 7) is 2.69. The van der Waals surface area contributed by atoms with E-state index in [9.17, 15) is 23.8 Å². The zero-order chi connectivity index (χ0) is 40.7. The number of carboxylic acid groups (broad SMARTS) is 1. The molecule has 0 aliphatic rings. The molecule has 0 aromatic heterocycles. The number of rotatable bonds is 38. The molecule has 316 valence electrons. The van der Waals surface area contributed by atoms with Gasteiger partial charge in [0.2, 0.25) is 0 Å². The summed E-state index contributed by atoms with van der Waals surface area (Å²) in [4.78, 5) is 45.8. The molecule has 0 radical (unpaired) electrons. The van der Waals surface area contributed by atoms with E-state index >= 15 is 0 Å². The molecule has 0 spiro atoms. The van der Waals surface area contributed by atoms with Crippen LogP contribution in [0.4, 0.5) is 0 Å². The second-order valence-electron chi connectivity index (χ2n) is 13.8. The van der Waals surface area contributed by atoms with Crippen LogP contribution in [0.2, 0.25) is 0 Å². The van der Waals surface area contributed by atoms with Crippen molar-refractivity contribution in [2.75, 3.05) is 19.8 Å². The Morgan fingerprint density at radius 3 is 1.47 bits per heavy atom. The van der Waals surface area contributed by atoms with Gasteiger partial charge < -0.3 is 25.2 Å². The van der Waals surface area contributed by atoms with Crippen LogP contribution in [-0.2, 0) is 37.5 Å². The number of esters is 2. The summed E-state index contributed by atoms with van der Waals surface area (Å²) in [6, 6.07) is -1.53. The number of hydrogen-bond acceptors (Lipinski definition) is 9. The van der Waals surface area contributed by atoms with E-state index in [-0.39, 0.29) is 19.4 Å². The van der Waals surface area contributed by atoms with E-state index in [2.05, 4.69) is 79.1 Å². The summed E-state index contributed by atoms with van der Waals surface area (Å²) >= 11 is 0. The molecule has 0 bridgehead atoms. The highest BCUT2D eigenvalue weighted by atomic mass is 31.2. The molecule has 0 amide bonds. The fourth-order valence-corrected chi connectivity index (χ4v) is 5.94. The van der Waals surface area contributed by atoms with Gasteiger partial charge in [-0.2, -0.15) is 0 Å². The maximum Gasteiger partial charge on any atom is 0.472 e. The highest BCUT2D eigenvalue weighted by molar-refractivity contribution is 7.47. The van der Waals surface area contributed by atoms with Gasteiger partial charge in [-0.25, -0.2) is 4.57 Å². The van der Waals surface area contributed by atoms with Crippen LogP contribution in [-0.4, -0.2) is 59.9 Å². The number of ether oxygens (including phenoxy) is 2. The maximum absolute atomic E-state index is 12.6. The highest BCUT2D eigenvalue weighted by Crippen LogP contribution is 2.43. The first-order chi connectivity index (χ1) is 26.6. The summed E-state index contributed by atoms with van der Waals surface area (Å²) in [5.41, 5.74) is 5.32. The first-order valence-corrected chi connectivity index (χ1v) is 22.3. The second kappa shape index (κ2) is 38.1. The molecular formula is C43H74NO10P. The molecule has 0 fully saturated rings. The SMILES string of the molecule is CCCCC/C=C\C/C=C\C/C=C\C/C=C\CCCCCC(=O)O[C@H](COC(=O)CCCCCCC/C=C\CCCCC)COP(=O)(O)OC[C@H](N)C(=O)O. The van der Waals surface area contributed by atoms with E-state index in [0.29, 0.717) is 12.8 Å². The Bertz CT molecular complexity index is 1170. The van der Waals surface area contributed by atoms with Gasteiger partial charge in [-0.3, -0.25) is 23.4 Å². The molecule has 0 heterocycles. The van der Waals surface area contributed by atoms with Gasteiger partial charge in [-0.05, 0) is 83.5 Å². The topological polar surface area (TPSA) is 172 Å². The van der Waals surface area contributed by atoms with Gasteiger partial charge in [0.1, 0.15) is 12.6 Å². The molecule has 3 atom stereocenters. The first-order valence-electron chi connectivity index (χ1n) is 20.8. The lowest BCUT2D eigenvalue weighted by Crippen LogP contribution is -2.34. The third-order valence-electron chi connectivity index (χ3n) is 8.49. The molecule has 0 saturated carbocycles. The van der Waals surface area contributed by atoms with Crippen LogP contribution in [0.1, 0.15) is 162 Å². The average Bonchev–Trinajstić information content (AvgIpc) is 3.16. The van der Waals surface area contributed by atoms with Gasteiger partial charge >= 0.3 is 25.7 Å². The smallest absolute Gasteiger partial charge is 0.472 e. The Labute approximate surface area is 332 Å². The Balaban J connectivity index is 4.47. The van der Waals surface area contributed by atoms with E-state index in [1.807, 2.05) is 0 Å². The number of carboxylic acids is 1. The van der Waals surface area contributed by atoms with Gasteiger partial charge in [0.15, 0.2) is 6.10 Å². The lowest BCUT2D eigenvalue weighted by Gasteiger charge is -2.20. The van der Waals surface area contributed by atoms with Crippen molar-refractivity contribution in [1.29, 1.82) is 0 Å². The Morgan fingerprint density at radius 2 is 0.964 bits per heavy atom. The third-order valence-corrected chi connectivity index (χ3v) is 9.44. The van der Waals surface area contributed by atoms with Crippen LogP contribution in [0, 0.1) is 0 Å². The van der Waals surface area contributed by atoms with E-state index < -0.39 is 51.1 Å². The number of phosphoric ester groups is 1. The average molecular weight is 796 g/mol. The molecule has 0 aliphatic carbocycles. The number of phosphoric acid groups is 1. The van der Waals surface area contributed by atoms with Crippen molar-refractivity contribution in [3.05, 3.63) is 60.8 Å². The molecule has 12 heteroatoms. The van der Waals surface area contributed by atoms with Gasteiger partial charge in [0.25, 0.3) is 0 Å². The molecule has 0 rings (SSSR count). The molecule has 1 unspecified atom stereocenters. The highest BCUT2D eigenvalue weighted by Gasteiger charge is 2.28. The quantitative estimate of drug-likeness (QED) is 0.0235. The van der Waals surface area contributed by atoms with E-state index in [1.54, 1.807) is 0 Å². The van der Waals surface area contributed by atoms with Crippen LogP contribution < -0.4 is 5.73 Å². The zero-order valence-corrected chi connectivity index (χ0v) is 34.9. The number of carbonyl (C=O) groups is 3. The predicted octanol–water partition coefficient (Wildman–Crippen LogP) is 10.8. The fourth-order valence-electron chi connectivity index (χ4n) is 5.16. The third kappa shape index (κ3) is 37.9. The van der Waals surface area contributed by atoms with Crippen LogP contribution in [0.15, 0.2) is 60.8 Å². The summed E-state index contributed by atoms with van der Waals surface area (Å²) < 4.78 is 32.6. The van der Waals surface area contributed by atoms with Crippen LogP contribution >= 0.6 is 7.82 Å². The Kier molecular flexibility index (Phi) is 36.1. The van der Waals surface area contributed by atoms with Crippen LogP contribution in [0.3, 0.4) is 0 Å². The van der Waals surface area contributed by atoms with Crippen LogP contribution in [0.25, 0.3) is 0 Å². The molecule has 11 nitrogen and oxygen atoms in total. The number of hydrogen-bond donors (Lipinski definition) is 3. The number of nitrogens with two attached hydrogens (primary N) is 1. The minimum absolute atomic E-state index is 0.120. The largest absolute Gasteiger partial charge is 0.480 e. The molecule has 55 heavy (non-hydrogen) atoms. The molecule has 0 aromatic carbocycles. The van der Waals surface area contributed by atoms with Gasteiger partial charge in [-0.1, -0.05) is 126 Å². The van der Waals surface area contributed by atoms with E-state index in [4.69, 9.17) is 24.8 Å². The number of unbranched alkanes of at least 4 members (excludes halogenated alkanes) is 14. The number of aliphatic carboxylic acids is 1. The lowest BCUT2D eigenvalue weighted by atomic mass is 10.1. The van der Waals surface area contributed by atoms with Crippen molar-refractivity contribution < 1.29 is 47.5 Å². The fraction of sp³-hybridized carbons (Fsp3) is 0.698. The van der Waals surface area contributed by atoms with Crippen molar-refractivity contribution in [2.45, 2.75) is 174 Å². The number of carbonyl (C=O) groups excluding carboxylic acids is 2. The van der Waals surface area contributed by atoms with Crippen molar-refractivity contribution in [2.24, 2.45) is 5.73 Å². The van der Waals surface area contributed by atoms with Gasteiger partial charge in [-0.15, -0.1) is 0 Å². The predicted molar refractivity (Wildman–Crippen MR) is 221 cm³/mol. The van der Waals surface area contributed by atoms with Crippen molar-refractivity contribution >= 4 is 25.7 Å². The Hall–Kier alpha value is -2.82. The van der Waals surface area contributed by atoms with E-state index in [0.717, 1.165) is 77.0 Å². The molecule has 0 saturated heterocycles. The monoisotopic (exact) mass is 796 g/mol. The molecule has 0 aliphatic heterocycles. The maximum atomic E-state index is 12.6. The summed E-state index contributed by atoms with van der Waals surface area (Å²) in [5, 5.41) is 8.87. The lowest BCUT2D eigenvalue weighted by molar-refractivity contribution is -0.161. The van der Waals surface area contributed by atoms with Gasteiger partial charge in [0, 0.05) is 12.8 Å². The minimum atomic E-state index is -4.73. The van der Waals surface area contributed by atoms with Crippen LogP contribution in [0.5, 0.6) is 0 Å². The first kappa shape index (κ1) is 52.2. The summed E-state index contributed by atoms with van der Waals surface area (Å²) in [6.07, 6.45) is 42.9. The minimum Gasteiger partial charge on any atom is -0.480 e. The zero-order valence-electron chi connectivity index (χ0n) is 34.0. The van der Waals surface area contributed by atoms with E-state index in [1.165, 1.54) is 44.9 Å². The second-order valence-corrected chi connectivity index (χ2v) is 15.2. The standard InChI is InChI=1S/C43H74NO10P/c1-3-5-7-9-11-13-15-17-18-19-20-21-22-23-25-27-29-31-33-35-42(46)54-39(37-52-55(49,50)53-38-40(44)43(47)48)36-51-41(45)34-32-30-28-26-24-16-14-12-10-8-6-4-2/h11-14,17-18,20-21,23,25,39-40H,3-10,15-16,19,22,24,26-38,44H2,1-2H3,(H,47,48)(H,49,50)/b13-11-,14-12-,18-17-,21-20-,25-23-/t39-,40+/m1/s1. The summed E-state index contributed by atoms with van der Waals surface area (Å²) in [7, 11) is -4.73. The van der Waals surface area contributed by atoms with Crippen molar-refractivity contribution in [3.8, 4) is 0 Å². The number of allylic oxidation sites excluding steroid dienone is 10. The van der Waals surface area contributed by atoms with Crippen molar-refractivity contribution in [3.63, 3.8) is 0 Å². The summed E-state index contributed by atoms with van der Waals surface area (Å²) in [5.74, 6) is -2.44. The molecule has 4 N–H and O–H groups in total. The van der Waals surface area contributed by atoms with Crippen molar-refractivity contribution in [1.82, 2.24) is 0 Å². The Morgan fingerprint density at radius 1 is 0.564 bits per heavy atom. The molecule has 0 aromatic rings. The molecular weight excluding hydrogens is 721 g/mol. The normalized spacial score (nSPS) is 14.4. The van der Waals surface area contributed by atoms with Gasteiger partial charge in [0.05, 0.1) is 13.2 Å².